The van der Waals surface area contributed by atoms with Gasteiger partial charge in [-0.25, -0.2) is 9.78 Å². The van der Waals surface area contributed by atoms with Crippen molar-refractivity contribution in [2.24, 2.45) is 0 Å². The minimum Gasteiger partial charge on any atom is -0.461 e. The third kappa shape index (κ3) is 2.68. The summed E-state index contributed by atoms with van der Waals surface area (Å²) >= 11 is 0. The highest BCUT2D eigenvalue weighted by atomic mass is 16.5. The van der Waals surface area contributed by atoms with Gasteiger partial charge in [0.05, 0.1) is 12.3 Å². The molecule has 0 saturated heterocycles. The number of ether oxygens (including phenoxy) is 1. The first kappa shape index (κ1) is 16.2. The summed E-state index contributed by atoms with van der Waals surface area (Å²) in [4.78, 5) is 30.3. The van der Waals surface area contributed by atoms with Crippen LogP contribution in [0.15, 0.2) is 10.6 Å². The van der Waals surface area contributed by atoms with Gasteiger partial charge in [0.25, 0.3) is 5.91 Å². The molecule has 0 aliphatic carbocycles. The van der Waals surface area contributed by atoms with Crippen LogP contribution < -0.4 is 0 Å². The van der Waals surface area contributed by atoms with E-state index in [2.05, 4.69) is 17.1 Å². The Hall–Kier alpha value is -2.64. The maximum atomic E-state index is 12.4. The van der Waals surface area contributed by atoms with Gasteiger partial charge in [-0.3, -0.25) is 9.36 Å². The van der Waals surface area contributed by atoms with Gasteiger partial charge in [-0.1, -0.05) is 18.5 Å². The normalized spacial score (nSPS) is 13.5. The van der Waals surface area contributed by atoms with Gasteiger partial charge >= 0.3 is 5.97 Å². The van der Waals surface area contributed by atoms with Gasteiger partial charge < -0.3 is 14.2 Å². The standard InChI is InChI=1S/C16H20N4O4/c1-4-6-7-19-9-20-13(10(3)17-14(20)15(19)21)12-8-11(18-24-12)16(22)23-5-2/h8H,4-7,9H2,1-3H3. The van der Waals surface area contributed by atoms with Crippen LogP contribution in [-0.2, 0) is 11.4 Å². The van der Waals surface area contributed by atoms with Gasteiger partial charge in [0.2, 0.25) is 5.82 Å². The van der Waals surface area contributed by atoms with Gasteiger partial charge in [-0.15, -0.1) is 0 Å². The van der Waals surface area contributed by atoms with Crippen molar-refractivity contribution in [1.29, 1.82) is 0 Å². The molecule has 1 aliphatic rings. The monoisotopic (exact) mass is 332 g/mol. The number of carbonyl (C=O) groups is 2. The molecule has 3 heterocycles. The fourth-order valence-electron chi connectivity index (χ4n) is 2.77. The first-order valence-corrected chi connectivity index (χ1v) is 8.07. The van der Waals surface area contributed by atoms with Crippen molar-refractivity contribution in [3.8, 4) is 11.5 Å². The SMILES string of the molecule is CCCCN1Cn2c(nc(C)c2-c2cc(C(=O)OCC)no2)C1=O. The number of unbranched alkanes of at least 4 members (excludes halogenated alkanes) is 1. The van der Waals surface area contributed by atoms with Crippen molar-refractivity contribution in [3.63, 3.8) is 0 Å². The molecule has 2 aromatic heterocycles. The van der Waals surface area contributed by atoms with E-state index in [-0.39, 0.29) is 18.2 Å². The first-order chi connectivity index (χ1) is 11.6. The topological polar surface area (TPSA) is 90.5 Å². The van der Waals surface area contributed by atoms with E-state index >= 15 is 0 Å². The summed E-state index contributed by atoms with van der Waals surface area (Å²) in [5, 5.41) is 3.76. The molecule has 3 rings (SSSR count). The van der Waals surface area contributed by atoms with Crippen molar-refractivity contribution in [2.45, 2.75) is 40.3 Å². The summed E-state index contributed by atoms with van der Waals surface area (Å²) in [6.07, 6.45) is 1.96. The Labute approximate surface area is 139 Å². The van der Waals surface area contributed by atoms with E-state index in [0.29, 0.717) is 36.2 Å². The second kappa shape index (κ2) is 6.46. The second-order valence-corrected chi connectivity index (χ2v) is 5.66. The predicted octanol–water partition coefficient (Wildman–Crippen LogP) is 2.24. The number of hydrogen-bond acceptors (Lipinski definition) is 6. The van der Waals surface area contributed by atoms with Crippen LogP contribution in [0.3, 0.4) is 0 Å². The van der Waals surface area contributed by atoms with Crippen molar-refractivity contribution < 1.29 is 18.8 Å². The quantitative estimate of drug-likeness (QED) is 0.754. The molecule has 0 saturated carbocycles. The summed E-state index contributed by atoms with van der Waals surface area (Å²) in [7, 11) is 0. The third-order valence-corrected chi connectivity index (χ3v) is 3.94. The fraction of sp³-hybridized carbons (Fsp3) is 0.500. The number of esters is 1. The number of nitrogens with zero attached hydrogens (tertiary/aromatic N) is 4. The lowest BCUT2D eigenvalue weighted by Gasteiger charge is -2.14. The number of fused-ring (bicyclic) bond motifs is 1. The summed E-state index contributed by atoms with van der Waals surface area (Å²) in [5.41, 5.74) is 1.44. The van der Waals surface area contributed by atoms with E-state index in [1.54, 1.807) is 18.7 Å². The van der Waals surface area contributed by atoms with Crippen LogP contribution in [0.2, 0.25) is 0 Å². The summed E-state index contributed by atoms with van der Waals surface area (Å²) in [6, 6.07) is 1.52. The smallest absolute Gasteiger partial charge is 0.360 e. The number of carbonyl (C=O) groups excluding carboxylic acids is 2. The highest BCUT2D eigenvalue weighted by Crippen LogP contribution is 2.30. The second-order valence-electron chi connectivity index (χ2n) is 5.66. The van der Waals surface area contributed by atoms with Crippen LogP contribution in [-0.4, -0.2) is 44.6 Å². The summed E-state index contributed by atoms with van der Waals surface area (Å²) in [5.74, 6) is 0.182. The average Bonchev–Trinajstić information content (AvgIpc) is 3.22. The highest BCUT2D eigenvalue weighted by Gasteiger charge is 2.33. The summed E-state index contributed by atoms with van der Waals surface area (Å²) < 4.78 is 12.0. The Kier molecular flexibility index (Phi) is 4.37. The summed E-state index contributed by atoms with van der Waals surface area (Å²) in [6.45, 7) is 7.00. The number of rotatable bonds is 6. The first-order valence-electron chi connectivity index (χ1n) is 8.07. The average molecular weight is 332 g/mol. The number of imidazole rings is 1. The lowest BCUT2D eigenvalue weighted by Crippen LogP contribution is -2.26. The van der Waals surface area contributed by atoms with Crippen LogP contribution in [0.25, 0.3) is 11.5 Å². The molecule has 8 nitrogen and oxygen atoms in total. The molecule has 0 fully saturated rings. The molecule has 0 N–H and O–H groups in total. The van der Waals surface area contributed by atoms with Crippen LogP contribution in [0.1, 0.15) is 53.5 Å². The van der Waals surface area contributed by atoms with E-state index in [9.17, 15) is 9.59 Å². The number of aromatic nitrogens is 3. The molecule has 1 amide bonds. The van der Waals surface area contributed by atoms with Crippen LogP contribution in [0.4, 0.5) is 0 Å². The zero-order chi connectivity index (χ0) is 17.3. The van der Waals surface area contributed by atoms with E-state index in [1.165, 1.54) is 6.07 Å². The molecule has 0 spiro atoms. The Morgan fingerprint density at radius 1 is 1.42 bits per heavy atom. The molecule has 0 unspecified atom stereocenters. The Balaban J connectivity index is 1.91. The molecule has 0 aromatic carbocycles. The van der Waals surface area contributed by atoms with Crippen LogP contribution in [0.5, 0.6) is 0 Å². The van der Waals surface area contributed by atoms with E-state index in [1.807, 2.05) is 4.57 Å². The minimum atomic E-state index is -0.535. The fourth-order valence-corrected chi connectivity index (χ4v) is 2.77. The van der Waals surface area contributed by atoms with Crippen LogP contribution in [0, 0.1) is 6.92 Å². The van der Waals surface area contributed by atoms with Crippen molar-refractivity contribution in [2.75, 3.05) is 13.2 Å². The van der Waals surface area contributed by atoms with Gasteiger partial charge in [0, 0.05) is 12.6 Å². The zero-order valence-electron chi connectivity index (χ0n) is 14.0. The molecule has 1 aliphatic heterocycles. The van der Waals surface area contributed by atoms with Crippen LogP contribution >= 0.6 is 0 Å². The van der Waals surface area contributed by atoms with Gasteiger partial charge in [-0.05, 0) is 20.3 Å². The molecule has 8 heteroatoms. The van der Waals surface area contributed by atoms with E-state index < -0.39 is 5.97 Å². The van der Waals surface area contributed by atoms with Gasteiger partial charge in [0.1, 0.15) is 12.4 Å². The Morgan fingerprint density at radius 2 is 2.21 bits per heavy atom. The Morgan fingerprint density at radius 3 is 2.92 bits per heavy atom. The lowest BCUT2D eigenvalue weighted by molar-refractivity contribution is 0.0514. The Bertz CT molecular complexity index is 777. The molecule has 0 radical (unpaired) electrons. The van der Waals surface area contributed by atoms with Gasteiger partial charge in [-0.2, -0.15) is 0 Å². The molecule has 2 aromatic rings. The molecule has 0 bridgehead atoms. The minimum absolute atomic E-state index is 0.0806. The maximum absolute atomic E-state index is 12.4. The van der Waals surface area contributed by atoms with Crippen molar-refractivity contribution in [1.82, 2.24) is 19.6 Å². The molecule has 0 atom stereocenters. The highest BCUT2D eigenvalue weighted by molar-refractivity contribution is 5.94. The number of aryl methyl sites for hydroxylation is 1. The van der Waals surface area contributed by atoms with Gasteiger partial charge in [0.15, 0.2) is 11.5 Å². The van der Waals surface area contributed by atoms with E-state index in [4.69, 9.17) is 9.26 Å². The number of hydrogen-bond donors (Lipinski definition) is 0. The molecular formula is C16H20N4O4. The predicted molar refractivity (Wildman–Crippen MR) is 84.4 cm³/mol. The molecule has 128 valence electrons. The maximum Gasteiger partial charge on any atom is 0.360 e. The zero-order valence-corrected chi connectivity index (χ0v) is 14.0. The molecular weight excluding hydrogens is 312 g/mol. The largest absolute Gasteiger partial charge is 0.461 e. The van der Waals surface area contributed by atoms with E-state index in [0.717, 1.165) is 12.8 Å². The van der Waals surface area contributed by atoms with Crippen molar-refractivity contribution in [3.05, 3.63) is 23.3 Å². The van der Waals surface area contributed by atoms with Crippen molar-refractivity contribution >= 4 is 11.9 Å². The lowest BCUT2D eigenvalue weighted by atomic mass is 10.2. The molecule has 24 heavy (non-hydrogen) atoms. The third-order valence-electron chi connectivity index (χ3n) is 3.94. The number of amides is 1.